The lowest BCUT2D eigenvalue weighted by molar-refractivity contribution is -0.111. The van der Waals surface area contributed by atoms with Gasteiger partial charge in [-0.1, -0.05) is 29.8 Å². The Morgan fingerprint density at radius 1 is 0.941 bits per heavy atom. The van der Waals surface area contributed by atoms with Gasteiger partial charge in [0.1, 0.15) is 0 Å². The maximum Gasteiger partial charge on any atom is 0.255 e. The molecule has 0 heterocycles. The molecule has 34 heavy (non-hydrogen) atoms. The lowest BCUT2D eigenvalue weighted by atomic mass is 10.2. The summed E-state index contributed by atoms with van der Waals surface area (Å²) < 4.78 is 23.4. The first-order chi connectivity index (χ1) is 16.0. The molecule has 0 aromatic heterocycles. The minimum atomic E-state index is -3.44. The summed E-state index contributed by atoms with van der Waals surface area (Å²) in [5.41, 5.74) is 2.91. The topological polar surface area (TPSA) is 95.6 Å². The molecule has 3 aromatic carbocycles. The molecule has 0 aliphatic rings. The van der Waals surface area contributed by atoms with Gasteiger partial charge in [-0.3, -0.25) is 9.59 Å². The minimum absolute atomic E-state index is 0.0472. The van der Waals surface area contributed by atoms with Crippen LogP contribution in [0.3, 0.4) is 0 Å². The highest BCUT2D eigenvalue weighted by molar-refractivity contribution is 7.90. The number of benzene rings is 3. The summed E-state index contributed by atoms with van der Waals surface area (Å²) in [6, 6.07) is 18.1. The van der Waals surface area contributed by atoms with Crippen LogP contribution in [-0.4, -0.2) is 40.6 Å². The predicted octanol–water partition coefficient (Wildman–Crippen LogP) is 4.71. The molecule has 3 rings (SSSR count). The van der Waals surface area contributed by atoms with Gasteiger partial charge in [-0.05, 0) is 60.2 Å². The molecule has 3 aromatic rings. The third kappa shape index (κ3) is 6.69. The average molecular weight is 498 g/mol. The number of amides is 2. The van der Waals surface area contributed by atoms with Gasteiger partial charge in [0.05, 0.1) is 15.6 Å². The Hall–Kier alpha value is -3.62. The largest absolute Gasteiger partial charge is 0.378 e. The summed E-state index contributed by atoms with van der Waals surface area (Å²) >= 11 is 6.28. The summed E-state index contributed by atoms with van der Waals surface area (Å²) in [7, 11) is 0.471. The molecule has 7 nitrogen and oxygen atoms in total. The van der Waals surface area contributed by atoms with Gasteiger partial charge >= 0.3 is 0 Å². The van der Waals surface area contributed by atoms with E-state index in [-0.39, 0.29) is 21.4 Å². The van der Waals surface area contributed by atoms with Gasteiger partial charge in [0.25, 0.3) is 5.91 Å². The SMILES string of the molecule is CN(C)c1ccc(/C=C/C(=O)Nc2ccc(NC(=O)c3cccc(S(C)(=O)=O)c3)c(Cl)c2)cc1. The Labute approximate surface area is 204 Å². The summed E-state index contributed by atoms with van der Waals surface area (Å²) in [4.78, 5) is 26.8. The summed E-state index contributed by atoms with van der Waals surface area (Å²) in [5.74, 6) is -0.838. The zero-order valence-corrected chi connectivity index (χ0v) is 20.4. The van der Waals surface area contributed by atoms with Gasteiger partial charge < -0.3 is 15.5 Å². The number of halogens is 1. The van der Waals surface area contributed by atoms with E-state index in [9.17, 15) is 18.0 Å². The first kappa shape index (κ1) is 25.0. The summed E-state index contributed by atoms with van der Waals surface area (Å²) in [5, 5.41) is 5.59. The van der Waals surface area contributed by atoms with E-state index in [0.29, 0.717) is 11.4 Å². The van der Waals surface area contributed by atoms with E-state index in [1.807, 2.05) is 43.3 Å². The van der Waals surface area contributed by atoms with E-state index in [2.05, 4.69) is 10.6 Å². The first-order valence-corrected chi connectivity index (χ1v) is 12.5. The second-order valence-corrected chi connectivity index (χ2v) is 10.2. The zero-order chi connectivity index (χ0) is 24.9. The Balaban J connectivity index is 1.64. The number of nitrogens with one attached hydrogen (secondary N) is 2. The molecule has 0 aliphatic heterocycles. The molecule has 0 spiro atoms. The van der Waals surface area contributed by atoms with Crippen molar-refractivity contribution in [1.29, 1.82) is 0 Å². The molecule has 0 fully saturated rings. The van der Waals surface area contributed by atoms with Crippen LogP contribution in [0.4, 0.5) is 17.1 Å². The number of rotatable bonds is 7. The van der Waals surface area contributed by atoms with Crippen LogP contribution in [0.25, 0.3) is 6.08 Å². The second-order valence-electron chi connectivity index (χ2n) is 7.76. The van der Waals surface area contributed by atoms with E-state index in [4.69, 9.17) is 11.6 Å². The van der Waals surface area contributed by atoms with Crippen molar-refractivity contribution in [2.75, 3.05) is 35.9 Å². The molecule has 0 bridgehead atoms. The molecular formula is C25H24ClN3O4S. The van der Waals surface area contributed by atoms with E-state index in [1.165, 1.54) is 36.4 Å². The van der Waals surface area contributed by atoms with Crippen LogP contribution in [0.5, 0.6) is 0 Å². The first-order valence-electron chi connectivity index (χ1n) is 10.2. The quantitative estimate of drug-likeness (QED) is 0.461. The molecule has 0 atom stereocenters. The van der Waals surface area contributed by atoms with E-state index >= 15 is 0 Å². The maximum absolute atomic E-state index is 12.5. The van der Waals surface area contributed by atoms with Gasteiger partial charge in [-0.25, -0.2) is 8.42 Å². The zero-order valence-electron chi connectivity index (χ0n) is 18.9. The van der Waals surface area contributed by atoms with Crippen LogP contribution in [0, 0.1) is 0 Å². The van der Waals surface area contributed by atoms with Gasteiger partial charge in [0.15, 0.2) is 9.84 Å². The smallest absolute Gasteiger partial charge is 0.255 e. The molecular weight excluding hydrogens is 474 g/mol. The van der Waals surface area contributed by atoms with Crippen molar-refractivity contribution in [3.63, 3.8) is 0 Å². The highest BCUT2D eigenvalue weighted by Gasteiger charge is 2.13. The lowest BCUT2D eigenvalue weighted by Gasteiger charge is -2.11. The van der Waals surface area contributed by atoms with Gasteiger partial charge in [0.2, 0.25) is 5.91 Å². The molecule has 0 unspecified atom stereocenters. The molecule has 2 amide bonds. The Morgan fingerprint density at radius 3 is 2.26 bits per heavy atom. The molecule has 0 saturated heterocycles. The number of nitrogens with zero attached hydrogens (tertiary/aromatic N) is 1. The molecule has 0 saturated carbocycles. The summed E-state index contributed by atoms with van der Waals surface area (Å²) in [6.07, 6.45) is 4.20. The van der Waals surface area contributed by atoms with Crippen molar-refractivity contribution in [3.8, 4) is 0 Å². The summed E-state index contributed by atoms with van der Waals surface area (Å²) in [6.45, 7) is 0. The fourth-order valence-electron chi connectivity index (χ4n) is 3.00. The molecule has 2 N–H and O–H groups in total. The van der Waals surface area contributed by atoms with Crippen molar-refractivity contribution in [1.82, 2.24) is 0 Å². The fraction of sp³-hybridized carbons (Fsp3) is 0.120. The fourth-order valence-corrected chi connectivity index (χ4v) is 3.89. The maximum atomic E-state index is 12.5. The van der Waals surface area contributed by atoms with E-state index < -0.39 is 15.7 Å². The van der Waals surface area contributed by atoms with Crippen molar-refractivity contribution in [3.05, 3.63) is 89.0 Å². The van der Waals surface area contributed by atoms with Gasteiger partial charge in [-0.2, -0.15) is 0 Å². The van der Waals surface area contributed by atoms with Crippen molar-refractivity contribution in [2.24, 2.45) is 0 Å². The number of hydrogen-bond acceptors (Lipinski definition) is 5. The lowest BCUT2D eigenvalue weighted by Crippen LogP contribution is -2.13. The number of anilines is 3. The monoisotopic (exact) mass is 497 g/mol. The van der Waals surface area contributed by atoms with Crippen LogP contribution in [0.2, 0.25) is 5.02 Å². The second kappa shape index (κ2) is 10.5. The Bertz CT molecular complexity index is 1350. The van der Waals surface area contributed by atoms with Crippen molar-refractivity contribution in [2.45, 2.75) is 4.90 Å². The molecule has 0 aliphatic carbocycles. The van der Waals surface area contributed by atoms with Crippen molar-refractivity contribution < 1.29 is 18.0 Å². The number of sulfone groups is 1. The van der Waals surface area contributed by atoms with Crippen LogP contribution in [0.15, 0.2) is 77.7 Å². The van der Waals surface area contributed by atoms with Crippen LogP contribution >= 0.6 is 11.6 Å². The van der Waals surface area contributed by atoms with Gasteiger partial charge in [-0.15, -0.1) is 0 Å². The van der Waals surface area contributed by atoms with Crippen LogP contribution < -0.4 is 15.5 Å². The highest BCUT2D eigenvalue weighted by Crippen LogP contribution is 2.26. The predicted molar refractivity (Wildman–Crippen MR) is 137 cm³/mol. The third-order valence-corrected chi connectivity index (χ3v) is 6.27. The molecule has 176 valence electrons. The number of carbonyl (C=O) groups excluding carboxylic acids is 2. The minimum Gasteiger partial charge on any atom is -0.378 e. The van der Waals surface area contributed by atoms with Crippen LogP contribution in [0.1, 0.15) is 15.9 Å². The standard InChI is InChI=1S/C25H24ClN3O4S/c1-29(2)20-11-7-17(8-12-20)9-14-24(30)27-19-10-13-23(22(26)16-19)28-25(31)18-5-4-6-21(15-18)34(3,32)33/h4-16H,1-3H3,(H,27,30)(H,28,31)/b14-9+. The third-order valence-electron chi connectivity index (χ3n) is 4.85. The van der Waals surface area contributed by atoms with Crippen LogP contribution in [-0.2, 0) is 14.6 Å². The number of hydrogen-bond donors (Lipinski definition) is 2. The van der Waals surface area contributed by atoms with Crippen molar-refractivity contribution >= 4 is 56.4 Å². The number of carbonyl (C=O) groups is 2. The van der Waals surface area contributed by atoms with Gasteiger partial charge in [0, 0.05) is 43.4 Å². The highest BCUT2D eigenvalue weighted by atomic mass is 35.5. The molecule has 0 radical (unpaired) electrons. The Kier molecular flexibility index (Phi) is 7.75. The molecule has 9 heteroatoms. The van der Waals surface area contributed by atoms with E-state index in [1.54, 1.807) is 18.2 Å². The normalized spacial score (nSPS) is 11.3. The van der Waals surface area contributed by atoms with E-state index in [0.717, 1.165) is 17.5 Å². The average Bonchev–Trinajstić information content (AvgIpc) is 2.79. The Morgan fingerprint density at radius 2 is 1.65 bits per heavy atom.